The van der Waals surface area contributed by atoms with Crippen LogP contribution >= 0.6 is 0 Å². The average Bonchev–Trinajstić information content (AvgIpc) is 3.18. The first-order valence-electron chi connectivity index (χ1n) is 9.84. The third kappa shape index (κ3) is 4.28. The van der Waals surface area contributed by atoms with E-state index >= 15 is 0 Å². The minimum atomic E-state index is -0.257. The Labute approximate surface area is 175 Å². The van der Waals surface area contributed by atoms with Crippen molar-refractivity contribution in [2.75, 3.05) is 31.4 Å². The molecule has 4 heterocycles. The number of aromatic nitrogens is 4. The van der Waals surface area contributed by atoms with Crippen LogP contribution in [0.3, 0.4) is 0 Å². The Balaban J connectivity index is 0.00000124. The number of pyridine rings is 1. The lowest BCUT2D eigenvalue weighted by atomic mass is 10.2. The number of ether oxygens (including phenoxy) is 2. The van der Waals surface area contributed by atoms with Crippen molar-refractivity contribution in [2.45, 2.75) is 33.4 Å². The number of nitrogens with one attached hydrogen (secondary N) is 3. The summed E-state index contributed by atoms with van der Waals surface area (Å²) in [4.78, 5) is 21.6. The maximum Gasteiger partial charge on any atom is 0.257 e. The molecule has 1 aliphatic rings. The Kier molecular flexibility index (Phi) is 6.68. The maximum atomic E-state index is 12.7. The number of anilines is 3. The fraction of sp³-hybridized carbons (Fsp3) is 0.400. The van der Waals surface area contributed by atoms with Crippen LogP contribution in [0.5, 0.6) is 5.88 Å². The SMILES string of the molecule is CC.CNc1cc2nc3c(cnn13)C(=O)NC(C)COCc1cnc(OC)c(c1)N2. The number of hydrogen-bond donors (Lipinski definition) is 3. The van der Waals surface area contributed by atoms with Crippen LogP contribution in [0, 0.1) is 0 Å². The number of carbonyl (C=O) groups is 1. The normalized spacial score (nSPS) is 16.0. The summed E-state index contributed by atoms with van der Waals surface area (Å²) in [6, 6.07) is 3.52. The summed E-state index contributed by atoms with van der Waals surface area (Å²) in [6.45, 7) is 6.60. The molecule has 1 atom stereocenters. The number of nitrogens with zero attached hydrogens (tertiary/aromatic N) is 4. The van der Waals surface area contributed by atoms with Gasteiger partial charge in [-0.3, -0.25) is 4.79 Å². The van der Waals surface area contributed by atoms with E-state index < -0.39 is 0 Å². The van der Waals surface area contributed by atoms with Crippen LogP contribution in [0.2, 0.25) is 0 Å². The lowest BCUT2D eigenvalue weighted by Gasteiger charge is -2.16. The van der Waals surface area contributed by atoms with Crippen LogP contribution in [0.4, 0.5) is 17.3 Å². The lowest BCUT2D eigenvalue weighted by Crippen LogP contribution is -2.35. The third-order valence-corrected chi connectivity index (χ3v) is 4.35. The van der Waals surface area contributed by atoms with E-state index in [9.17, 15) is 4.79 Å². The highest BCUT2D eigenvalue weighted by molar-refractivity contribution is 6.00. The number of amides is 1. The van der Waals surface area contributed by atoms with Gasteiger partial charge in [0.15, 0.2) is 5.65 Å². The van der Waals surface area contributed by atoms with Gasteiger partial charge in [0.25, 0.3) is 5.91 Å². The van der Waals surface area contributed by atoms with E-state index in [1.165, 1.54) is 6.20 Å². The van der Waals surface area contributed by atoms with Crippen LogP contribution in [0.25, 0.3) is 5.65 Å². The average molecular weight is 413 g/mol. The van der Waals surface area contributed by atoms with E-state index in [0.717, 1.165) is 5.56 Å². The van der Waals surface area contributed by atoms with Gasteiger partial charge >= 0.3 is 0 Å². The number of methoxy groups -OCH3 is 1. The van der Waals surface area contributed by atoms with E-state index in [2.05, 4.69) is 31.0 Å². The highest BCUT2D eigenvalue weighted by Gasteiger charge is 2.20. The smallest absolute Gasteiger partial charge is 0.257 e. The Bertz CT molecular complexity index is 1030. The van der Waals surface area contributed by atoms with Gasteiger partial charge in [0.05, 0.1) is 26.5 Å². The van der Waals surface area contributed by atoms with Crippen molar-refractivity contribution in [1.82, 2.24) is 24.9 Å². The molecule has 0 saturated carbocycles. The quantitative estimate of drug-likeness (QED) is 0.587. The third-order valence-electron chi connectivity index (χ3n) is 4.35. The van der Waals surface area contributed by atoms with Gasteiger partial charge in [0, 0.05) is 25.4 Å². The molecule has 3 N–H and O–H groups in total. The van der Waals surface area contributed by atoms with Crippen molar-refractivity contribution < 1.29 is 14.3 Å². The summed E-state index contributed by atoms with van der Waals surface area (Å²) in [5.41, 5.74) is 2.33. The van der Waals surface area contributed by atoms with Crippen molar-refractivity contribution in [3.05, 3.63) is 35.7 Å². The molecular formula is C20H27N7O3. The van der Waals surface area contributed by atoms with Crippen molar-refractivity contribution in [2.24, 2.45) is 0 Å². The van der Waals surface area contributed by atoms with Crippen molar-refractivity contribution in [3.63, 3.8) is 0 Å². The van der Waals surface area contributed by atoms with Crippen molar-refractivity contribution in [1.29, 1.82) is 0 Å². The molecule has 3 aromatic heterocycles. The van der Waals surface area contributed by atoms with E-state index in [0.29, 0.717) is 47.6 Å². The highest BCUT2D eigenvalue weighted by atomic mass is 16.5. The van der Waals surface area contributed by atoms with E-state index in [1.54, 1.807) is 30.9 Å². The van der Waals surface area contributed by atoms with Crippen LogP contribution < -0.4 is 20.7 Å². The van der Waals surface area contributed by atoms with Gasteiger partial charge < -0.3 is 25.4 Å². The van der Waals surface area contributed by atoms with Crippen molar-refractivity contribution in [3.8, 4) is 5.88 Å². The van der Waals surface area contributed by atoms with Gasteiger partial charge in [-0.15, -0.1) is 0 Å². The highest BCUT2D eigenvalue weighted by Crippen LogP contribution is 2.28. The first-order chi connectivity index (χ1) is 14.6. The van der Waals surface area contributed by atoms with Gasteiger partial charge in [-0.1, -0.05) is 13.8 Å². The van der Waals surface area contributed by atoms with E-state index in [-0.39, 0.29) is 11.9 Å². The Hall–Kier alpha value is -3.40. The van der Waals surface area contributed by atoms with E-state index in [4.69, 9.17) is 9.47 Å². The molecule has 4 bridgehead atoms. The zero-order valence-corrected chi connectivity index (χ0v) is 17.8. The first kappa shape index (κ1) is 21.3. The Morgan fingerprint density at radius 1 is 1.30 bits per heavy atom. The topological polar surface area (TPSA) is 115 Å². The molecule has 1 aliphatic heterocycles. The predicted octanol–water partition coefficient (Wildman–Crippen LogP) is 2.59. The molecule has 0 aromatic carbocycles. The second kappa shape index (κ2) is 9.40. The molecule has 10 nitrogen and oxygen atoms in total. The molecule has 0 radical (unpaired) electrons. The van der Waals surface area contributed by atoms with Crippen LogP contribution in [-0.4, -0.2) is 52.3 Å². The van der Waals surface area contributed by atoms with Gasteiger partial charge in [-0.25, -0.2) is 9.97 Å². The number of carbonyl (C=O) groups excluding carboxylic acids is 1. The minimum Gasteiger partial charge on any atom is -0.480 e. The summed E-state index contributed by atoms with van der Waals surface area (Å²) in [5.74, 6) is 1.38. The molecule has 160 valence electrons. The monoisotopic (exact) mass is 413 g/mol. The van der Waals surface area contributed by atoms with Crippen LogP contribution in [-0.2, 0) is 11.3 Å². The fourth-order valence-corrected chi connectivity index (χ4v) is 3.03. The Morgan fingerprint density at radius 3 is 2.83 bits per heavy atom. The minimum absolute atomic E-state index is 0.179. The summed E-state index contributed by atoms with van der Waals surface area (Å²) in [6.07, 6.45) is 3.20. The molecule has 30 heavy (non-hydrogen) atoms. The molecule has 10 heteroatoms. The number of rotatable bonds is 2. The summed E-state index contributed by atoms with van der Waals surface area (Å²) < 4.78 is 12.7. The zero-order chi connectivity index (χ0) is 21.7. The zero-order valence-electron chi connectivity index (χ0n) is 17.8. The molecule has 1 amide bonds. The molecule has 0 fully saturated rings. The summed E-state index contributed by atoms with van der Waals surface area (Å²) in [7, 11) is 3.33. The van der Waals surface area contributed by atoms with E-state index in [1.807, 2.05) is 26.8 Å². The second-order valence-electron chi connectivity index (χ2n) is 6.49. The van der Waals surface area contributed by atoms with Gasteiger partial charge in [0.2, 0.25) is 5.88 Å². The van der Waals surface area contributed by atoms with Gasteiger partial charge in [0.1, 0.15) is 22.9 Å². The molecule has 0 spiro atoms. The lowest BCUT2D eigenvalue weighted by molar-refractivity contribution is 0.0821. The largest absolute Gasteiger partial charge is 0.480 e. The molecular weight excluding hydrogens is 386 g/mol. The molecule has 3 aromatic rings. The van der Waals surface area contributed by atoms with Crippen LogP contribution in [0.1, 0.15) is 36.7 Å². The number of hydrogen-bond acceptors (Lipinski definition) is 8. The second-order valence-corrected chi connectivity index (χ2v) is 6.49. The first-order valence-corrected chi connectivity index (χ1v) is 9.84. The van der Waals surface area contributed by atoms with Gasteiger partial charge in [-0.2, -0.15) is 9.61 Å². The molecule has 1 unspecified atom stereocenters. The van der Waals surface area contributed by atoms with Crippen molar-refractivity contribution >= 4 is 28.9 Å². The standard InChI is InChI=1S/C18H21N7O3.C2H6/c1-10-8-28-9-11-4-13(18(27-3)20-6-11)23-14-5-15(19-2)25-16(24-14)12(7-21-25)17(26)22-10;1-2/h4-7,10,19H,8-9H2,1-3H3,(H,22,26)(H,23,24);1-2H3. The summed E-state index contributed by atoms with van der Waals surface area (Å²) in [5, 5.41) is 13.5. The fourth-order valence-electron chi connectivity index (χ4n) is 3.03. The number of fused-ring (bicyclic) bond motifs is 3. The molecule has 0 aliphatic carbocycles. The van der Waals surface area contributed by atoms with Crippen LogP contribution in [0.15, 0.2) is 24.5 Å². The van der Waals surface area contributed by atoms with Gasteiger partial charge in [-0.05, 0) is 18.6 Å². The molecule has 0 saturated heterocycles. The molecule has 4 rings (SSSR count). The Morgan fingerprint density at radius 2 is 2.10 bits per heavy atom. The predicted molar refractivity (Wildman–Crippen MR) is 115 cm³/mol. The maximum absolute atomic E-state index is 12.7. The summed E-state index contributed by atoms with van der Waals surface area (Å²) >= 11 is 0.